The van der Waals surface area contributed by atoms with Gasteiger partial charge in [0.05, 0.1) is 24.9 Å². The van der Waals surface area contributed by atoms with Crippen LogP contribution < -0.4 is 5.32 Å². The standard InChI is InChI=1S/C24H21N3O3/c1-2-30-24(29)21-16-25-27(19-12-4-3-5-13-19)23(21)26-22(28)15-18-11-8-10-17-9-6-7-14-20(17)18/h3-14,16H,2,15H2,1H3,(H,26,28). The number of ether oxygens (including phenoxy) is 1. The number of nitrogens with one attached hydrogen (secondary N) is 1. The van der Waals surface area contributed by atoms with Crippen LogP contribution in [0.25, 0.3) is 16.5 Å². The lowest BCUT2D eigenvalue weighted by Gasteiger charge is -2.12. The average Bonchev–Trinajstić information content (AvgIpc) is 3.18. The van der Waals surface area contributed by atoms with Crippen LogP contribution in [0.5, 0.6) is 0 Å². The second-order valence-corrected chi connectivity index (χ2v) is 6.74. The molecule has 30 heavy (non-hydrogen) atoms. The summed E-state index contributed by atoms with van der Waals surface area (Å²) in [6, 6.07) is 23.1. The summed E-state index contributed by atoms with van der Waals surface area (Å²) in [5.74, 6) is -0.473. The molecule has 0 saturated heterocycles. The number of esters is 1. The molecule has 150 valence electrons. The molecule has 1 amide bonds. The van der Waals surface area contributed by atoms with Crippen molar-refractivity contribution in [3.05, 3.63) is 90.1 Å². The lowest BCUT2D eigenvalue weighted by Crippen LogP contribution is -2.19. The van der Waals surface area contributed by atoms with E-state index in [1.54, 1.807) is 6.92 Å². The summed E-state index contributed by atoms with van der Waals surface area (Å²) < 4.78 is 6.67. The van der Waals surface area contributed by atoms with Gasteiger partial charge in [-0.1, -0.05) is 60.7 Å². The Bertz CT molecular complexity index is 1190. The first-order chi connectivity index (χ1) is 14.7. The molecule has 0 saturated carbocycles. The van der Waals surface area contributed by atoms with Crippen LogP contribution in [0.15, 0.2) is 79.0 Å². The molecule has 0 radical (unpaired) electrons. The van der Waals surface area contributed by atoms with Gasteiger partial charge in [-0.2, -0.15) is 5.10 Å². The summed E-state index contributed by atoms with van der Waals surface area (Å²) in [7, 11) is 0. The largest absolute Gasteiger partial charge is 0.462 e. The molecule has 1 heterocycles. The van der Waals surface area contributed by atoms with Crippen LogP contribution in [-0.4, -0.2) is 28.3 Å². The molecule has 1 aromatic heterocycles. The Hall–Kier alpha value is -3.93. The molecule has 0 fully saturated rings. The second-order valence-electron chi connectivity index (χ2n) is 6.74. The van der Waals surface area contributed by atoms with E-state index in [-0.39, 0.29) is 24.5 Å². The highest BCUT2D eigenvalue weighted by Gasteiger charge is 2.21. The highest BCUT2D eigenvalue weighted by atomic mass is 16.5. The van der Waals surface area contributed by atoms with Crippen molar-refractivity contribution in [3.63, 3.8) is 0 Å². The molecule has 0 atom stereocenters. The molecule has 1 N–H and O–H groups in total. The van der Waals surface area contributed by atoms with Crippen LogP contribution >= 0.6 is 0 Å². The number of hydrogen-bond donors (Lipinski definition) is 1. The van der Waals surface area contributed by atoms with E-state index in [1.807, 2.05) is 72.8 Å². The SMILES string of the molecule is CCOC(=O)c1cnn(-c2ccccc2)c1NC(=O)Cc1cccc2ccccc12. The Morgan fingerprint density at radius 1 is 0.967 bits per heavy atom. The summed E-state index contributed by atoms with van der Waals surface area (Å²) >= 11 is 0. The van der Waals surface area contributed by atoms with Crippen molar-refractivity contribution >= 4 is 28.5 Å². The zero-order chi connectivity index (χ0) is 20.9. The van der Waals surface area contributed by atoms with Crippen molar-refractivity contribution < 1.29 is 14.3 Å². The highest BCUT2D eigenvalue weighted by Crippen LogP contribution is 2.23. The normalized spacial score (nSPS) is 10.7. The Balaban J connectivity index is 1.66. The molecule has 0 bridgehead atoms. The molecule has 0 spiro atoms. The first kappa shape index (κ1) is 19.4. The molecule has 3 aromatic carbocycles. The summed E-state index contributed by atoms with van der Waals surface area (Å²) in [5.41, 5.74) is 1.86. The molecule has 0 unspecified atom stereocenters. The average molecular weight is 399 g/mol. The number of nitrogens with zero attached hydrogens (tertiary/aromatic N) is 2. The van der Waals surface area contributed by atoms with E-state index in [1.165, 1.54) is 10.9 Å². The molecule has 0 aliphatic rings. The third kappa shape index (κ3) is 3.93. The minimum Gasteiger partial charge on any atom is -0.462 e. The number of aromatic nitrogens is 2. The monoisotopic (exact) mass is 399 g/mol. The van der Waals surface area contributed by atoms with Gasteiger partial charge < -0.3 is 10.1 Å². The van der Waals surface area contributed by atoms with E-state index in [9.17, 15) is 9.59 Å². The van der Waals surface area contributed by atoms with Crippen molar-refractivity contribution in [3.8, 4) is 5.69 Å². The number of para-hydroxylation sites is 1. The van der Waals surface area contributed by atoms with Crippen LogP contribution in [0.3, 0.4) is 0 Å². The molecule has 6 heteroatoms. The number of amides is 1. The number of benzene rings is 3. The number of carbonyl (C=O) groups excluding carboxylic acids is 2. The van der Waals surface area contributed by atoms with Gasteiger partial charge in [-0.15, -0.1) is 0 Å². The third-order valence-corrected chi connectivity index (χ3v) is 4.75. The fraction of sp³-hybridized carbons (Fsp3) is 0.125. The van der Waals surface area contributed by atoms with E-state index in [4.69, 9.17) is 4.74 Å². The quantitative estimate of drug-likeness (QED) is 0.488. The van der Waals surface area contributed by atoms with E-state index in [0.29, 0.717) is 5.82 Å². The van der Waals surface area contributed by atoms with E-state index >= 15 is 0 Å². The zero-order valence-electron chi connectivity index (χ0n) is 16.5. The zero-order valence-corrected chi connectivity index (χ0v) is 16.5. The van der Waals surface area contributed by atoms with Gasteiger partial charge in [-0.3, -0.25) is 4.79 Å². The van der Waals surface area contributed by atoms with Gasteiger partial charge in [0.15, 0.2) is 5.82 Å². The first-order valence-corrected chi connectivity index (χ1v) is 9.74. The van der Waals surface area contributed by atoms with E-state index in [0.717, 1.165) is 22.0 Å². The van der Waals surface area contributed by atoms with Crippen molar-refractivity contribution in [2.45, 2.75) is 13.3 Å². The smallest absolute Gasteiger partial charge is 0.343 e. The molecule has 6 nitrogen and oxygen atoms in total. The van der Waals surface area contributed by atoms with Gasteiger partial charge in [0, 0.05) is 0 Å². The predicted octanol–water partition coefficient (Wildman–Crippen LogP) is 4.38. The van der Waals surface area contributed by atoms with Gasteiger partial charge in [0.25, 0.3) is 0 Å². The summed E-state index contributed by atoms with van der Waals surface area (Å²) in [4.78, 5) is 25.3. The molecular formula is C24H21N3O3. The fourth-order valence-electron chi connectivity index (χ4n) is 3.39. The Morgan fingerprint density at radius 2 is 1.70 bits per heavy atom. The maximum atomic E-state index is 12.9. The highest BCUT2D eigenvalue weighted by molar-refractivity contribution is 6.02. The summed E-state index contributed by atoms with van der Waals surface area (Å²) in [6.45, 7) is 1.97. The first-order valence-electron chi connectivity index (χ1n) is 9.74. The summed E-state index contributed by atoms with van der Waals surface area (Å²) in [6.07, 6.45) is 1.59. The van der Waals surface area contributed by atoms with E-state index in [2.05, 4.69) is 10.4 Å². The Labute approximate surface area is 174 Å². The fourth-order valence-corrected chi connectivity index (χ4v) is 3.39. The number of anilines is 1. The van der Waals surface area contributed by atoms with Gasteiger partial charge >= 0.3 is 5.97 Å². The lowest BCUT2D eigenvalue weighted by atomic mass is 10.0. The van der Waals surface area contributed by atoms with Crippen molar-refractivity contribution in [2.75, 3.05) is 11.9 Å². The molecule has 0 aliphatic carbocycles. The van der Waals surface area contributed by atoms with Crippen molar-refractivity contribution in [1.82, 2.24) is 9.78 Å². The number of carbonyl (C=O) groups is 2. The molecule has 0 aliphatic heterocycles. The topological polar surface area (TPSA) is 73.2 Å². The minimum atomic E-state index is -0.528. The van der Waals surface area contributed by atoms with Crippen LogP contribution in [-0.2, 0) is 16.0 Å². The Morgan fingerprint density at radius 3 is 2.50 bits per heavy atom. The van der Waals surface area contributed by atoms with E-state index < -0.39 is 5.97 Å². The third-order valence-electron chi connectivity index (χ3n) is 4.75. The molecule has 4 rings (SSSR count). The summed E-state index contributed by atoms with van der Waals surface area (Å²) in [5, 5.41) is 9.27. The number of hydrogen-bond acceptors (Lipinski definition) is 4. The molecule has 4 aromatic rings. The van der Waals surface area contributed by atoms with Gasteiger partial charge in [-0.25, -0.2) is 9.48 Å². The van der Waals surface area contributed by atoms with Gasteiger partial charge in [-0.05, 0) is 35.4 Å². The molecular weight excluding hydrogens is 378 g/mol. The predicted molar refractivity (Wildman–Crippen MR) is 116 cm³/mol. The van der Waals surface area contributed by atoms with Crippen LogP contribution in [0.2, 0.25) is 0 Å². The minimum absolute atomic E-state index is 0.170. The van der Waals surface area contributed by atoms with Crippen molar-refractivity contribution in [1.29, 1.82) is 0 Å². The van der Waals surface area contributed by atoms with Crippen LogP contribution in [0.4, 0.5) is 5.82 Å². The lowest BCUT2D eigenvalue weighted by molar-refractivity contribution is -0.115. The maximum absolute atomic E-state index is 12.9. The van der Waals surface area contributed by atoms with Crippen LogP contribution in [0, 0.1) is 0 Å². The number of rotatable bonds is 6. The van der Waals surface area contributed by atoms with Gasteiger partial charge in [0.1, 0.15) is 5.56 Å². The van der Waals surface area contributed by atoms with Gasteiger partial charge in [0.2, 0.25) is 5.91 Å². The Kier molecular flexibility index (Phi) is 5.57. The second kappa shape index (κ2) is 8.61. The van der Waals surface area contributed by atoms with Crippen molar-refractivity contribution in [2.24, 2.45) is 0 Å². The van der Waals surface area contributed by atoms with Crippen LogP contribution in [0.1, 0.15) is 22.8 Å². The number of fused-ring (bicyclic) bond motifs is 1. The maximum Gasteiger partial charge on any atom is 0.343 e.